The molecule has 2 aliphatic carbocycles. The van der Waals surface area contributed by atoms with Gasteiger partial charge in [0.2, 0.25) is 5.91 Å². The Morgan fingerprint density at radius 3 is 2.65 bits per heavy atom. The van der Waals surface area contributed by atoms with Crippen LogP contribution < -0.4 is 10.1 Å². The van der Waals surface area contributed by atoms with E-state index in [1.165, 1.54) is 13.8 Å². The van der Waals surface area contributed by atoms with Gasteiger partial charge in [0.15, 0.2) is 11.6 Å². The summed E-state index contributed by atoms with van der Waals surface area (Å²) in [5.74, 6) is 0.203. The molecule has 4 atom stereocenters. The highest BCUT2D eigenvalue weighted by Gasteiger charge is 2.58. The highest BCUT2D eigenvalue weighted by molar-refractivity contribution is 5.97. The number of ketones is 2. The van der Waals surface area contributed by atoms with Crippen LogP contribution in [0.2, 0.25) is 0 Å². The normalized spacial score (nSPS) is 27.0. The van der Waals surface area contributed by atoms with Crippen molar-refractivity contribution in [3.8, 4) is 5.75 Å². The molecule has 0 saturated heterocycles. The largest absolute Gasteiger partial charge is 0.490 e. The molecule has 6 heteroatoms. The Morgan fingerprint density at radius 2 is 2.00 bits per heavy atom. The Bertz CT molecular complexity index is 1090. The van der Waals surface area contributed by atoms with E-state index in [-0.39, 0.29) is 35.4 Å². The number of fused-ring (bicyclic) bond motifs is 1. The number of aromatic nitrogens is 1. The first-order valence-corrected chi connectivity index (χ1v) is 10.8. The molecular weight excluding hydrogens is 392 g/mol. The maximum atomic E-state index is 12.9. The van der Waals surface area contributed by atoms with Gasteiger partial charge in [0.1, 0.15) is 17.0 Å². The molecule has 1 heterocycles. The molecule has 1 aromatic heterocycles. The fourth-order valence-corrected chi connectivity index (χ4v) is 4.58. The summed E-state index contributed by atoms with van der Waals surface area (Å²) in [6.45, 7) is 8.75. The summed E-state index contributed by atoms with van der Waals surface area (Å²) < 4.78 is 6.28. The molecule has 2 aliphatic rings. The first-order chi connectivity index (χ1) is 14.7. The van der Waals surface area contributed by atoms with Crippen molar-refractivity contribution in [3.05, 3.63) is 48.2 Å². The number of nitrogens with one attached hydrogen (secondary N) is 1. The second-order valence-electron chi connectivity index (χ2n) is 8.90. The molecule has 1 N–H and O–H groups in total. The van der Waals surface area contributed by atoms with Crippen LogP contribution in [0.5, 0.6) is 5.75 Å². The van der Waals surface area contributed by atoms with Gasteiger partial charge in [-0.25, -0.2) is 4.98 Å². The van der Waals surface area contributed by atoms with Crippen molar-refractivity contribution >= 4 is 28.4 Å². The molecule has 0 bridgehead atoms. The highest BCUT2D eigenvalue weighted by atomic mass is 16.5. The number of pyridine rings is 1. The Labute approximate surface area is 182 Å². The average Bonchev–Trinajstić information content (AvgIpc) is 3.24. The summed E-state index contributed by atoms with van der Waals surface area (Å²) in [4.78, 5) is 41.3. The van der Waals surface area contributed by atoms with Crippen molar-refractivity contribution < 1.29 is 19.1 Å². The third-order valence-electron chi connectivity index (χ3n) is 6.61. The van der Waals surface area contributed by atoms with Crippen LogP contribution in [0.1, 0.15) is 55.6 Å². The minimum Gasteiger partial charge on any atom is -0.490 e. The summed E-state index contributed by atoms with van der Waals surface area (Å²) in [5, 5.41) is 3.84. The molecule has 0 unspecified atom stereocenters. The highest BCUT2D eigenvalue weighted by Crippen LogP contribution is 2.45. The van der Waals surface area contributed by atoms with Crippen LogP contribution in [0.25, 0.3) is 10.9 Å². The zero-order chi connectivity index (χ0) is 22.3. The molecule has 0 aliphatic heterocycles. The minimum absolute atomic E-state index is 0.0130. The zero-order valence-electron chi connectivity index (χ0n) is 18.2. The Morgan fingerprint density at radius 1 is 1.23 bits per heavy atom. The maximum Gasteiger partial charge on any atom is 0.224 e. The molecule has 2 aromatic rings. The molecule has 6 nitrogen and oxygen atoms in total. The lowest BCUT2D eigenvalue weighted by Gasteiger charge is -2.19. The van der Waals surface area contributed by atoms with E-state index in [0.29, 0.717) is 30.7 Å². The SMILES string of the molecule is C=C[C@H]1C[C@]1(NC(=O)[C@H]1CC[C@H](Oc2cc(C(C)=O)nc3cc(C)ccc23)C1)C(C)=O. The number of aryl methyl sites for hydroxylation is 1. The molecule has 31 heavy (non-hydrogen) atoms. The number of amides is 1. The number of hydrogen-bond acceptors (Lipinski definition) is 5. The van der Waals surface area contributed by atoms with Crippen LogP contribution in [-0.4, -0.2) is 34.1 Å². The van der Waals surface area contributed by atoms with Crippen LogP contribution in [-0.2, 0) is 9.59 Å². The third kappa shape index (κ3) is 3.99. The summed E-state index contributed by atoms with van der Waals surface area (Å²) in [7, 11) is 0. The van der Waals surface area contributed by atoms with E-state index in [4.69, 9.17) is 4.74 Å². The number of nitrogens with zero attached hydrogens (tertiary/aromatic N) is 1. The van der Waals surface area contributed by atoms with Crippen LogP contribution >= 0.6 is 0 Å². The summed E-state index contributed by atoms with van der Waals surface area (Å²) in [6, 6.07) is 7.57. The Kier molecular flexibility index (Phi) is 5.42. The molecule has 162 valence electrons. The number of ether oxygens (including phenoxy) is 1. The quantitative estimate of drug-likeness (QED) is 0.542. The standard InChI is InChI=1S/C25H28N2O4/c1-5-18-13-25(18,16(4)29)27-24(30)17-7-8-19(11-17)31-23-12-21(15(3)28)26-22-10-14(2)6-9-20(22)23/h5-6,9-10,12,17-19H,1,7-8,11,13H2,2-4H3,(H,27,30)/t17-,18-,19-,25-/m0/s1. The van der Waals surface area contributed by atoms with Gasteiger partial charge in [-0.05, 0) is 57.2 Å². The van der Waals surface area contributed by atoms with Gasteiger partial charge < -0.3 is 10.1 Å². The van der Waals surface area contributed by atoms with Crippen molar-refractivity contribution in [3.63, 3.8) is 0 Å². The molecule has 2 saturated carbocycles. The van der Waals surface area contributed by atoms with E-state index < -0.39 is 5.54 Å². The van der Waals surface area contributed by atoms with Gasteiger partial charge in [0, 0.05) is 30.2 Å². The van der Waals surface area contributed by atoms with Crippen LogP contribution in [0.4, 0.5) is 0 Å². The second kappa shape index (κ2) is 7.91. The van der Waals surface area contributed by atoms with E-state index >= 15 is 0 Å². The maximum absolute atomic E-state index is 12.9. The Hall–Kier alpha value is -3.02. The molecule has 2 fully saturated rings. The lowest BCUT2D eigenvalue weighted by molar-refractivity contribution is -0.130. The van der Waals surface area contributed by atoms with E-state index in [2.05, 4.69) is 16.9 Å². The molecule has 1 aromatic carbocycles. The van der Waals surface area contributed by atoms with Crippen molar-refractivity contribution in [2.45, 2.75) is 58.1 Å². The number of carbonyl (C=O) groups excluding carboxylic acids is 3. The number of carbonyl (C=O) groups is 3. The molecule has 4 rings (SSSR count). The van der Waals surface area contributed by atoms with Crippen molar-refractivity contribution in [1.82, 2.24) is 10.3 Å². The molecule has 0 spiro atoms. The Balaban J connectivity index is 1.49. The number of hydrogen-bond donors (Lipinski definition) is 1. The lowest BCUT2D eigenvalue weighted by atomic mass is 10.0. The summed E-state index contributed by atoms with van der Waals surface area (Å²) in [5.41, 5.74) is 1.38. The number of Topliss-reactive ketones (excluding diaryl/α,β-unsaturated/α-hetero) is 2. The monoisotopic (exact) mass is 420 g/mol. The fraction of sp³-hybridized carbons (Fsp3) is 0.440. The van der Waals surface area contributed by atoms with Crippen LogP contribution in [0.15, 0.2) is 36.9 Å². The number of benzene rings is 1. The van der Waals surface area contributed by atoms with Gasteiger partial charge in [-0.2, -0.15) is 0 Å². The minimum atomic E-state index is -0.771. The first kappa shape index (κ1) is 21.2. The van der Waals surface area contributed by atoms with E-state index in [1.54, 1.807) is 12.1 Å². The van der Waals surface area contributed by atoms with Gasteiger partial charge in [-0.15, -0.1) is 6.58 Å². The van der Waals surface area contributed by atoms with Gasteiger partial charge in [-0.1, -0.05) is 12.1 Å². The summed E-state index contributed by atoms with van der Waals surface area (Å²) in [6.07, 6.45) is 4.24. The first-order valence-electron chi connectivity index (χ1n) is 10.8. The van der Waals surface area contributed by atoms with Crippen LogP contribution in [0, 0.1) is 18.8 Å². The second-order valence-corrected chi connectivity index (χ2v) is 8.90. The average molecular weight is 421 g/mol. The topological polar surface area (TPSA) is 85.4 Å². The molecule has 0 radical (unpaired) electrons. The van der Waals surface area contributed by atoms with Gasteiger partial charge >= 0.3 is 0 Å². The molecule has 1 amide bonds. The third-order valence-corrected chi connectivity index (χ3v) is 6.61. The zero-order valence-corrected chi connectivity index (χ0v) is 18.2. The van der Waals surface area contributed by atoms with Crippen molar-refractivity contribution in [1.29, 1.82) is 0 Å². The van der Waals surface area contributed by atoms with Crippen molar-refractivity contribution in [2.24, 2.45) is 11.8 Å². The predicted octanol–water partition coefficient (Wildman–Crippen LogP) is 3.94. The summed E-state index contributed by atoms with van der Waals surface area (Å²) >= 11 is 0. The van der Waals surface area contributed by atoms with Crippen LogP contribution in [0.3, 0.4) is 0 Å². The van der Waals surface area contributed by atoms with Crippen molar-refractivity contribution in [2.75, 3.05) is 0 Å². The van der Waals surface area contributed by atoms with E-state index in [0.717, 1.165) is 22.9 Å². The number of rotatable bonds is 7. The van der Waals surface area contributed by atoms with Gasteiger partial charge in [-0.3, -0.25) is 14.4 Å². The lowest BCUT2D eigenvalue weighted by Crippen LogP contribution is -2.46. The predicted molar refractivity (Wildman–Crippen MR) is 118 cm³/mol. The smallest absolute Gasteiger partial charge is 0.224 e. The van der Waals surface area contributed by atoms with Gasteiger partial charge in [0.05, 0.1) is 11.6 Å². The van der Waals surface area contributed by atoms with E-state index in [1.807, 2.05) is 25.1 Å². The fourth-order valence-electron chi connectivity index (χ4n) is 4.58. The molecular formula is C25H28N2O4. The van der Waals surface area contributed by atoms with E-state index in [9.17, 15) is 14.4 Å². The van der Waals surface area contributed by atoms with Gasteiger partial charge in [0.25, 0.3) is 0 Å².